The third kappa shape index (κ3) is 3.92. The van der Waals surface area contributed by atoms with Gasteiger partial charge in [0.05, 0.1) is 25.6 Å². The average Bonchev–Trinajstić information content (AvgIpc) is 3.12. The summed E-state index contributed by atoms with van der Waals surface area (Å²) in [5, 5.41) is 7.70. The van der Waals surface area contributed by atoms with Crippen LogP contribution in [0.5, 0.6) is 11.5 Å². The molecule has 1 aromatic heterocycles. The van der Waals surface area contributed by atoms with Crippen molar-refractivity contribution >= 4 is 33.8 Å². The number of nitrogens with one attached hydrogen (secondary N) is 2. The van der Waals surface area contributed by atoms with E-state index >= 15 is 0 Å². The Labute approximate surface area is 153 Å². The molecular formula is C18H16FN3O3S. The lowest BCUT2D eigenvalue weighted by molar-refractivity contribution is 0.102. The van der Waals surface area contributed by atoms with Crippen LogP contribution in [-0.4, -0.2) is 25.1 Å². The van der Waals surface area contributed by atoms with Gasteiger partial charge in [-0.2, -0.15) is 0 Å². The van der Waals surface area contributed by atoms with Crippen LogP contribution >= 0.6 is 11.3 Å². The Morgan fingerprint density at radius 3 is 2.65 bits per heavy atom. The molecule has 3 rings (SSSR count). The Kier molecular flexibility index (Phi) is 5.33. The van der Waals surface area contributed by atoms with E-state index in [1.54, 1.807) is 49.9 Å². The second-order valence-corrected chi connectivity index (χ2v) is 6.02. The summed E-state index contributed by atoms with van der Waals surface area (Å²) in [4.78, 5) is 16.5. The average molecular weight is 373 g/mol. The molecule has 3 aromatic rings. The summed E-state index contributed by atoms with van der Waals surface area (Å²) in [6.07, 6.45) is 0. The minimum absolute atomic E-state index is 0.108. The fourth-order valence-corrected chi connectivity index (χ4v) is 2.90. The number of hydrogen-bond donors (Lipinski definition) is 2. The summed E-state index contributed by atoms with van der Waals surface area (Å²) in [6, 6.07) is 11.3. The number of thiazole rings is 1. The number of methoxy groups -OCH3 is 2. The van der Waals surface area contributed by atoms with Crippen molar-refractivity contribution in [2.45, 2.75) is 0 Å². The highest BCUT2D eigenvalue weighted by Crippen LogP contribution is 2.32. The van der Waals surface area contributed by atoms with E-state index in [0.29, 0.717) is 22.3 Å². The standard InChI is InChI=1S/C18H16FN3O3S/c1-24-11-7-8-14(16(9-11)25-2)21-18-22-15(10-26-18)17(23)20-13-6-4-3-5-12(13)19/h3-10H,1-2H3,(H,20,23)(H,21,22). The van der Waals surface area contributed by atoms with Crippen LogP contribution in [0.4, 0.5) is 20.9 Å². The van der Waals surface area contributed by atoms with Gasteiger partial charge in [0.2, 0.25) is 0 Å². The van der Waals surface area contributed by atoms with Gasteiger partial charge in [-0.25, -0.2) is 9.37 Å². The predicted molar refractivity (Wildman–Crippen MR) is 99.3 cm³/mol. The molecule has 0 saturated carbocycles. The molecule has 2 aromatic carbocycles. The summed E-state index contributed by atoms with van der Waals surface area (Å²) in [5.41, 5.74) is 0.980. The zero-order chi connectivity index (χ0) is 18.5. The smallest absolute Gasteiger partial charge is 0.275 e. The van der Waals surface area contributed by atoms with E-state index in [0.717, 1.165) is 0 Å². The third-order valence-corrected chi connectivity index (χ3v) is 4.27. The van der Waals surface area contributed by atoms with E-state index < -0.39 is 11.7 Å². The molecule has 2 N–H and O–H groups in total. The number of benzene rings is 2. The Hall–Kier alpha value is -3.13. The number of rotatable bonds is 6. The molecule has 0 aliphatic rings. The number of nitrogens with zero attached hydrogens (tertiary/aromatic N) is 1. The number of aromatic nitrogens is 1. The van der Waals surface area contributed by atoms with Crippen LogP contribution in [0.25, 0.3) is 0 Å². The number of carbonyl (C=O) groups excluding carboxylic acids is 1. The number of anilines is 3. The maximum atomic E-state index is 13.6. The highest BCUT2D eigenvalue weighted by Gasteiger charge is 2.14. The monoisotopic (exact) mass is 373 g/mol. The first kappa shape index (κ1) is 17.7. The second kappa shape index (κ2) is 7.83. The molecule has 0 fully saturated rings. The topological polar surface area (TPSA) is 72.5 Å². The van der Waals surface area contributed by atoms with Gasteiger partial charge < -0.3 is 20.1 Å². The number of para-hydroxylation sites is 1. The van der Waals surface area contributed by atoms with Crippen molar-refractivity contribution in [3.63, 3.8) is 0 Å². The van der Waals surface area contributed by atoms with Crippen molar-refractivity contribution in [3.8, 4) is 11.5 Å². The van der Waals surface area contributed by atoms with Gasteiger partial charge in [0.25, 0.3) is 5.91 Å². The van der Waals surface area contributed by atoms with Gasteiger partial charge in [-0.3, -0.25) is 4.79 Å². The molecule has 0 spiro atoms. The van der Waals surface area contributed by atoms with Crippen LogP contribution in [0.15, 0.2) is 47.8 Å². The van der Waals surface area contributed by atoms with Gasteiger partial charge in [-0.05, 0) is 24.3 Å². The SMILES string of the molecule is COc1ccc(Nc2nc(C(=O)Nc3ccccc3F)cs2)c(OC)c1. The maximum Gasteiger partial charge on any atom is 0.275 e. The van der Waals surface area contributed by atoms with Crippen molar-refractivity contribution in [1.29, 1.82) is 0 Å². The number of ether oxygens (including phenoxy) is 2. The van der Waals surface area contributed by atoms with Gasteiger partial charge in [0.1, 0.15) is 23.0 Å². The quantitative estimate of drug-likeness (QED) is 0.674. The molecule has 0 radical (unpaired) electrons. The van der Waals surface area contributed by atoms with Crippen molar-refractivity contribution < 1.29 is 18.7 Å². The zero-order valence-electron chi connectivity index (χ0n) is 14.1. The molecular weight excluding hydrogens is 357 g/mol. The Bertz CT molecular complexity index is 930. The van der Waals surface area contributed by atoms with E-state index in [1.807, 2.05) is 0 Å². The molecule has 0 bridgehead atoms. The maximum absolute atomic E-state index is 13.6. The van der Waals surface area contributed by atoms with Crippen molar-refractivity contribution in [3.05, 3.63) is 59.4 Å². The van der Waals surface area contributed by atoms with Crippen LogP contribution in [-0.2, 0) is 0 Å². The van der Waals surface area contributed by atoms with E-state index in [9.17, 15) is 9.18 Å². The van der Waals surface area contributed by atoms with Crippen LogP contribution in [0.1, 0.15) is 10.5 Å². The van der Waals surface area contributed by atoms with E-state index in [2.05, 4.69) is 15.6 Å². The van der Waals surface area contributed by atoms with Gasteiger partial charge in [0, 0.05) is 11.4 Å². The van der Waals surface area contributed by atoms with Gasteiger partial charge in [0.15, 0.2) is 5.13 Å². The minimum Gasteiger partial charge on any atom is -0.497 e. The number of carbonyl (C=O) groups is 1. The fraction of sp³-hybridized carbons (Fsp3) is 0.111. The summed E-state index contributed by atoms with van der Waals surface area (Å²) < 4.78 is 24.1. The normalized spacial score (nSPS) is 10.3. The summed E-state index contributed by atoms with van der Waals surface area (Å²) in [6.45, 7) is 0. The largest absolute Gasteiger partial charge is 0.497 e. The van der Waals surface area contributed by atoms with E-state index in [1.165, 1.54) is 23.5 Å². The van der Waals surface area contributed by atoms with Crippen molar-refractivity contribution in [2.75, 3.05) is 24.9 Å². The first-order chi connectivity index (χ1) is 12.6. The summed E-state index contributed by atoms with van der Waals surface area (Å²) in [5.74, 6) is 0.256. The molecule has 6 nitrogen and oxygen atoms in total. The fourth-order valence-electron chi connectivity index (χ4n) is 2.20. The summed E-state index contributed by atoms with van der Waals surface area (Å²) >= 11 is 1.25. The Morgan fingerprint density at radius 1 is 1.12 bits per heavy atom. The van der Waals surface area contributed by atoms with Crippen LogP contribution in [0, 0.1) is 5.82 Å². The molecule has 0 atom stereocenters. The third-order valence-electron chi connectivity index (χ3n) is 3.51. The number of hydrogen-bond acceptors (Lipinski definition) is 6. The molecule has 0 aliphatic heterocycles. The first-order valence-electron chi connectivity index (χ1n) is 7.61. The lowest BCUT2D eigenvalue weighted by Crippen LogP contribution is -2.13. The second-order valence-electron chi connectivity index (χ2n) is 5.16. The lowest BCUT2D eigenvalue weighted by atomic mass is 10.2. The van der Waals surface area contributed by atoms with E-state index in [-0.39, 0.29) is 11.4 Å². The molecule has 26 heavy (non-hydrogen) atoms. The molecule has 1 heterocycles. The van der Waals surface area contributed by atoms with Crippen LogP contribution in [0.2, 0.25) is 0 Å². The van der Waals surface area contributed by atoms with Crippen LogP contribution < -0.4 is 20.1 Å². The van der Waals surface area contributed by atoms with Gasteiger partial charge in [-0.15, -0.1) is 11.3 Å². The molecule has 1 amide bonds. The van der Waals surface area contributed by atoms with Crippen molar-refractivity contribution in [2.24, 2.45) is 0 Å². The zero-order valence-corrected chi connectivity index (χ0v) is 14.9. The van der Waals surface area contributed by atoms with Crippen LogP contribution in [0.3, 0.4) is 0 Å². The molecule has 0 saturated heterocycles. The van der Waals surface area contributed by atoms with Gasteiger partial charge in [-0.1, -0.05) is 12.1 Å². The first-order valence-corrected chi connectivity index (χ1v) is 8.49. The van der Waals surface area contributed by atoms with E-state index in [4.69, 9.17) is 9.47 Å². The van der Waals surface area contributed by atoms with Gasteiger partial charge >= 0.3 is 0 Å². The molecule has 8 heteroatoms. The predicted octanol–water partition coefficient (Wildman–Crippen LogP) is 4.30. The lowest BCUT2D eigenvalue weighted by Gasteiger charge is -2.10. The molecule has 0 aliphatic carbocycles. The number of amides is 1. The highest BCUT2D eigenvalue weighted by atomic mass is 32.1. The Balaban J connectivity index is 1.74. The Morgan fingerprint density at radius 2 is 1.92 bits per heavy atom. The number of halogens is 1. The highest BCUT2D eigenvalue weighted by molar-refractivity contribution is 7.14. The minimum atomic E-state index is -0.502. The van der Waals surface area contributed by atoms with Crippen molar-refractivity contribution in [1.82, 2.24) is 4.98 Å². The molecule has 0 unspecified atom stereocenters. The molecule has 134 valence electrons. The summed E-state index contributed by atoms with van der Waals surface area (Å²) in [7, 11) is 3.12.